The van der Waals surface area contributed by atoms with Crippen molar-refractivity contribution in [2.24, 2.45) is 0 Å². The van der Waals surface area contributed by atoms with Crippen molar-refractivity contribution < 1.29 is 18.3 Å². The van der Waals surface area contributed by atoms with Crippen molar-refractivity contribution >= 4 is 54.8 Å². The highest BCUT2D eigenvalue weighted by Crippen LogP contribution is 2.33. The van der Waals surface area contributed by atoms with Crippen LogP contribution in [0.15, 0.2) is 30.6 Å². The Balaban J connectivity index is 1.13. The molecule has 2 fully saturated rings. The highest BCUT2D eigenvalue weighted by molar-refractivity contribution is 7.89. The summed E-state index contributed by atoms with van der Waals surface area (Å²) < 4.78 is 34.4. The maximum atomic E-state index is 12.7. The monoisotopic (exact) mass is 594 g/mol. The molecule has 1 N–H and O–H groups in total. The van der Waals surface area contributed by atoms with Crippen molar-refractivity contribution in [3.63, 3.8) is 0 Å². The lowest BCUT2D eigenvalue weighted by Crippen LogP contribution is -2.49. The van der Waals surface area contributed by atoms with Gasteiger partial charge < -0.3 is 19.6 Å². The minimum atomic E-state index is -3.32. The number of sulfonamides is 1. The van der Waals surface area contributed by atoms with Crippen LogP contribution in [0.5, 0.6) is 5.19 Å². The van der Waals surface area contributed by atoms with Gasteiger partial charge >= 0.3 is 0 Å². The summed E-state index contributed by atoms with van der Waals surface area (Å²) in [7, 11) is -3.32. The van der Waals surface area contributed by atoms with Gasteiger partial charge in [-0.25, -0.2) is 23.4 Å². The summed E-state index contributed by atoms with van der Waals surface area (Å²) in [5.41, 5.74) is 1.12. The van der Waals surface area contributed by atoms with Gasteiger partial charge in [0.05, 0.1) is 39.0 Å². The lowest BCUT2D eigenvalue weighted by molar-refractivity contribution is 0.0704. The van der Waals surface area contributed by atoms with Gasteiger partial charge in [-0.3, -0.25) is 0 Å². The molecule has 1 aromatic carbocycles. The average molecular weight is 595 g/mol. The van der Waals surface area contributed by atoms with Gasteiger partial charge in [-0.15, -0.1) is 0 Å². The first-order valence-electron chi connectivity index (χ1n) is 13.3. The van der Waals surface area contributed by atoms with Crippen molar-refractivity contribution in [2.75, 3.05) is 54.8 Å². The second-order valence-corrected chi connectivity index (χ2v) is 14.3. The van der Waals surface area contributed by atoms with E-state index in [1.54, 1.807) is 41.9 Å². The Kier molecular flexibility index (Phi) is 8.48. The molecule has 2 saturated heterocycles. The summed E-state index contributed by atoms with van der Waals surface area (Å²) in [6.07, 6.45) is 5.96. The Morgan fingerprint density at radius 1 is 1.08 bits per heavy atom. The Labute approximate surface area is 238 Å². The van der Waals surface area contributed by atoms with Crippen LogP contribution in [0.4, 0.5) is 11.6 Å². The summed E-state index contributed by atoms with van der Waals surface area (Å²) in [6, 6.07) is 6.17. The molecule has 5 rings (SSSR count). The van der Waals surface area contributed by atoms with Gasteiger partial charge in [-0.2, -0.15) is 4.31 Å². The van der Waals surface area contributed by atoms with Crippen molar-refractivity contribution in [1.82, 2.24) is 19.3 Å². The fourth-order valence-corrected chi connectivity index (χ4v) is 7.46. The fraction of sp³-hybridized carbons (Fsp3) is 0.577. The SMILES string of the molecule is CC(C)(O)CCCS(=O)(=O)N1CCN(c2ccc3nc(OC4CCN(c5ncc(Cl)cn5)CC4)sc3c2)CC1. The number of anilines is 2. The van der Waals surface area contributed by atoms with Crippen LogP contribution in [0, 0.1) is 0 Å². The van der Waals surface area contributed by atoms with Crippen molar-refractivity contribution in [2.45, 2.75) is 51.2 Å². The molecule has 2 aliphatic heterocycles. The van der Waals surface area contributed by atoms with E-state index in [1.165, 1.54) is 0 Å². The molecule has 0 radical (unpaired) electrons. The molecule has 2 aliphatic rings. The predicted molar refractivity (Wildman–Crippen MR) is 156 cm³/mol. The lowest BCUT2D eigenvalue weighted by atomic mass is 10.0. The number of aliphatic hydroxyl groups is 1. The smallest absolute Gasteiger partial charge is 0.274 e. The molecule has 39 heavy (non-hydrogen) atoms. The number of benzene rings is 1. The zero-order valence-electron chi connectivity index (χ0n) is 22.3. The molecule has 212 valence electrons. The van der Waals surface area contributed by atoms with Crippen molar-refractivity contribution in [3.8, 4) is 5.19 Å². The van der Waals surface area contributed by atoms with Crippen LogP contribution in [0.3, 0.4) is 0 Å². The zero-order chi connectivity index (χ0) is 27.6. The van der Waals surface area contributed by atoms with E-state index in [0.29, 0.717) is 55.2 Å². The quantitative estimate of drug-likeness (QED) is 0.395. The molecule has 0 amide bonds. The topological polar surface area (TPSA) is 112 Å². The third-order valence-electron chi connectivity index (χ3n) is 7.14. The van der Waals surface area contributed by atoms with E-state index in [1.807, 2.05) is 12.1 Å². The first-order chi connectivity index (χ1) is 18.6. The number of aromatic nitrogens is 3. The molecular formula is C26H35ClN6O4S2. The summed E-state index contributed by atoms with van der Waals surface area (Å²) >= 11 is 7.44. The van der Waals surface area contributed by atoms with Crippen LogP contribution in [0.25, 0.3) is 10.2 Å². The molecule has 0 unspecified atom stereocenters. The summed E-state index contributed by atoms with van der Waals surface area (Å²) in [6.45, 7) is 7.21. The number of nitrogens with zero attached hydrogens (tertiary/aromatic N) is 6. The van der Waals surface area contributed by atoms with Gasteiger partial charge in [0.15, 0.2) is 0 Å². The standard InChI is InChI=1S/C26H35ClN6O4S2/c1-26(2,34)8-3-15-39(35,36)33-13-11-31(12-14-33)20-4-5-22-23(16-20)38-25(30-22)37-21-6-9-32(10-7-21)24-28-17-19(27)18-29-24/h4-5,16-18,21,34H,3,6-15H2,1-2H3. The Morgan fingerprint density at radius 3 is 2.44 bits per heavy atom. The number of ether oxygens (including phenoxy) is 1. The van der Waals surface area contributed by atoms with E-state index in [9.17, 15) is 13.5 Å². The van der Waals surface area contributed by atoms with Crippen LogP contribution < -0.4 is 14.5 Å². The molecular weight excluding hydrogens is 560 g/mol. The molecule has 2 aromatic heterocycles. The zero-order valence-corrected chi connectivity index (χ0v) is 24.7. The van der Waals surface area contributed by atoms with E-state index in [4.69, 9.17) is 16.3 Å². The maximum absolute atomic E-state index is 12.7. The lowest BCUT2D eigenvalue weighted by Gasteiger charge is -2.35. The summed E-state index contributed by atoms with van der Waals surface area (Å²) in [5.74, 6) is 0.759. The maximum Gasteiger partial charge on any atom is 0.274 e. The molecule has 13 heteroatoms. The number of halogens is 1. The highest BCUT2D eigenvalue weighted by atomic mass is 35.5. The minimum Gasteiger partial charge on any atom is -0.467 e. The molecule has 10 nitrogen and oxygen atoms in total. The van der Waals surface area contributed by atoms with Crippen LogP contribution in [-0.4, -0.2) is 89.5 Å². The van der Waals surface area contributed by atoms with Crippen LogP contribution in [0.1, 0.15) is 39.5 Å². The highest BCUT2D eigenvalue weighted by Gasteiger charge is 2.28. The van der Waals surface area contributed by atoms with E-state index >= 15 is 0 Å². The van der Waals surface area contributed by atoms with E-state index < -0.39 is 15.6 Å². The third-order valence-corrected chi connectivity index (χ3v) is 10.2. The van der Waals surface area contributed by atoms with Gasteiger partial charge in [0.1, 0.15) is 6.10 Å². The van der Waals surface area contributed by atoms with Gasteiger partial charge in [-0.05, 0) is 44.9 Å². The number of fused-ring (bicyclic) bond motifs is 1. The molecule has 0 aliphatic carbocycles. The van der Waals surface area contributed by atoms with Crippen molar-refractivity contribution in [3.05, 3.63) is 35.6 Å². The number of piperazine rings is 1. The summed E-state index contributed by atoms with van der Waals surface area (Å²) in [5, 5.41) is 11.1. The molecule has 3 aromatic rings. The number of hydrogen-bond donors (Lipinski definition) is 1. The minimum absolute atomic E-state index is 0.0700. The van der Waals surface area contributed by atoms with Gasteiger partial charge in [0.25, 0.3) is 5.19 Å². The Hall–Kier alpha value is -2.25. The second kappa shape index (κ2) is 11.7. The Morgan fingerprint density at radius 2 is 1.77 bits per heavy atom. The normalized spacial score (nSPS) is 18.2. The first-order valence-corrected chi connectivity index (χ1v) is 16.1. The Bertz CT molecular complexity index is 1360. The van der Waals surface area contributed by atoms with Gasteiger partial charge in [-0.1, -0.05) is 22.9 Å². The molecule has 4 heterocycles. The summed E-state index contributed by atoms with van der Waals surface area (Å²) in [4.78, 5) is 17.7. The molecule has 0 spiro atoms. The third kappa shape index (κ3) is 7.29. The van der Waals surface area contributed by atoms with Crippen LogP contribution in [-0.2, 0) is 10.0 Å². The molecule has 0 saturated carbocycles. The van der Waals surface area contributed by atoms with Gasteiger partial charge in [0, 0.05) is 57.8 Å². The number of thiazole rings is 1. The van der Waals surface area contributed by atoms with Crippen LogP contribution in [0.2, 0.25) is 5.02 Å². The van der Waals surface area contributed by atoms with E-state index in [0.717, 1.165) is 41.8 Å². The molecule has 0 atom stereocenters. The number of hydrogen-bond acceptors (Lipinski definition) is 10. The number of rotatable bonds is 9. The van der Waals surface area contributed by atoms with Gasteiger partial charge in [0.2, 0.25) is 16.0 Å². The fourth-order valence-electron chi connectivity index (χ4n) is 4.97. The van der Waals surface area contributed by atoms with Crippen molar-refractivity contribution in [1.29, 1.82) is 0 Å². The first kappa shape index (κ1) is 28.3. The van der Waals surface area contributed by atoms with E-state index in [-0.39, 0.29) is 11.9 Å². The average Bonchev–Trinajstić information content (AvgIpc) is 3.30. The largest absolute Gasteiger partial charge is 0.467 e. The van der Waals surface area contributed by atoms with Crippen LogP contribution >= 0.6 is 22.9 Å². The second-order valence-electron chi connectivity index (χ2n) is 10.8. The number of piperidine rings is 1. The van der Waals surface area contributed by atoms with E-state index in [2.05, 4.69) is 30.8 Å². The predicted octanol–water partition coefficient (Wildman–Crippen LogP) is 3.79. The molecule has 0 bridgehead atoms.